The van der Waals surface area contributed by atoms with Crippen LogP contribution in [0.1, 0.15) is 28.9 Å². The van der Waals surface area contributed by atoms with Crippen molar-refractivity contribution in [1.29, 1.82) is 0 Å². The van der Waals surface area contributed by atoms with Crippen LogP contribution in [0.4, 0.5) is 5.82 Å². The van der Waals surface area contributed by atoms with Gasteiger partial charge in [0.25, 0.3) is 0 Å². The van der Waals surface area contributed by atoms with Gasteiger partial charge in [-0.1, -0.05) is 23.4 Å². The highest BCUT2D eigenvalue weighted by molar-refractivity contribution is 5.35. The number of benzene rings is 1. The normalized spacial score (nSPS) is 14.0. The van der Waals surface area contributed by atoms with Crippen molar-refractivity contribution in [3.63, 3.8) is 0 Å². The maximum absolute atomic E-state index is 5.54. The van der Waals surface area contributed by atoms with Crippen LogP contribution in [0.2, 0.25) is 0 Å². The summed E-state index contributed by atoms with van der Waals surface area (Å²) in [7, 11) is 2.08. The molecule has 1 aromatic carbocycles. The Morgan fingerprint density at radius 1 is 1.21 bits per heavy atom. The Hall–Kier alpha value is -1.81. The summed E-state index contributed by atoms with van der Waals surface area (Å²) in [6, 6.07) is 8.63. The Kier molecular flexibility index (Phi) is 3.25. The molecule has 4 nitrogen and oxygen atoms in total. The molecule has 3 rings (SSSR count). The molecule has 19 heavy (non-hydrogen) atoms. The van der Waals surface area contributed by atoms with E-state index >= 15 is 0 Å². The zero-order valence-corrected chi connectivity index (χ0v) is 11.2. The first kappa shape index (κ1) is 12.2. The van der Waals surface area contributed by atoms with Crippen LogP contribution in [0.15, 0.2) is 28.8 Å². The smallest absolute Gasteiger partial charge is 0.167 e. The van der Waals surface area contributed by atoms with Crippen molar-refractivity contribution in [3.05, 3.63) is 46.7 Å². The molecule has 1 aromatic heterocycles. The van der Waals surface area contributed by atoms with E-state index < -0.39 is 0 Å². The molecule has 0 radical (unpaired) electrons. The summed E-state index contributed by atoms with van der Waals surface area (Å²) in [6.07, 6.45) is 3.76. The summed E-state index contributed by atoms with van der Waals surface area (Å²) >= 11 is 0. The number of anilines is 1. The predicted octanol–water partition coefficient (Wildman–Crippen LogP) is 2.38. The Labute approximate surface area is 113 Å². The zero-order valence-electron chi connectivity index (χ0n) is 11.2. The molecule has 2 aromatic rings. The van der Waals surface area contributed by atoms with Gasteiger partial charge in [-0.3, -0.25) is 4.90 Å². The molecular formula is C15H19N3O. The first-order chi connectivity index (χ1) is 9.20. The van der Waals surface area contributed by atoms with Gasteiger partial charge in [0.1, 0.15) is 0 Å². The fourth-order valence-electron chi connectivity index (χ4n) is 2.76. The molecule has 1 heterocycles. The summed E-state index contributed by atoms with van der Waals surface area (Å²) in [4.78, 5) is 2.20. The van der Waals surface area contributed by atoms with Crippen molar-refractivity contribution in [2.24, 2.45) is 0 Å². The number of hydrogen-bond donors (Lipinski definition) is 1. The van der Waals surface area contributed by atoms with E-state index in [-0.39, 0.29) is 0 Å². The van der Waals surface area contributed by atoms with Gasteiger partial charge in [-0.2, -0.15) is 0 Å². The molecule has 2 N–H and O–H groups in total. The second-order valence-electron chi connectivity index (χ2n) is 5.35. The van der Waals surface area contributed by atoms with E-state index in [0.717, 1.165) is 18.8 Å². The highest BCUT2D eigenvalue weighted by Gasteiger charge is 2.12. The van der Waals surface area contributed by atoms with Crippen molar-refractivity contribution >= 4 is 5.82 Å². The lowest BCUT2D eigenvalue weighted by atomic mass is 10.1. The average Bonchev–Trinajstić information content (AvgIpc) is 2.97. The third kappa shape index (κ3) is 2.79. The molecule has 0 amide bonds. The van der Waals surface area contributed by atoms with E-state index in [0.29, 0.717) is 5.82 Å². The van der Waals surface area contributed by atoms with Crippen LogP contribution in [-0.4, -0.2) is 17.1 Å². The van der Waals surface area contributed by atoms with Crippen LogP contribution in [0.5, 0.6) is 0 Å². The molecule has 0 saturated heterocycles. The van der Waals surface area contributed by atoms with E-state index in [2.05, 4.69) is 35.3 Å². The molecule has 1 aliphatic carbocycles. The molecule has 0 unspecified atom stereocenters. The number of rotatable bonds is 4. The van der Waals surface area contributed by atoms with E-state index in [1.54, 1.807) is 6.07 Å². The standard InChI is InChI=1S/C15H19N3O/c1-18(10-14-8-15(16)17-19-14)9-11-5-6-12-3-2-4-13(12)7-11/h5-8H,2-4,9-10H2,1H3,(H2,16,17). The lowest BCUT2D eigenvalue weighted by Gasteiger charge is -2.15. The molecule has 0 fully saturated rings. The second kappa shape index (κ2) is 5.05. The molecule has 0 atom stereocenters. The van der Waals surface area contributed by atoms with Crippen LogP contribution in [0.3, 0.4) is 0 Å². The number of hydrogen-bond acceptors (Lipinski definition) is 4. The quantitative estimate of drug-likeness (QED) is 0.913. The van der Waals surface area contributed by atoms with E-state index in [9.17, 15) is 0 Å². The lowest BCUT2D eigenvalue weighted by Crippen LogP contribution is -2.17. The van der Waals surface area contributed by atoms with E-state index in [1.165, 1.54) is 36.0 Å². The highest BCUT2D eigenvalue weighted by atomic mass is 16.5. The highest BCUT2D eigenvalue weighted by Crippen LogP contribution is 2.23. The predicted molar refractivity (Wildman–Crippen MR) is 74.6 cm³/mol. The minimum absolute atomic E-state index is 0.445. The fraction of sp³-hybridized carbons (Fsp3) is 0.400. The molecule has 100 valence electrons. The molecule has 0 aliphatic heterocycles. The number of aromatic nitrogens is 1. The first-order valence-corrected chi connectivity index (χ1v) is 6.71. The van der Waals surface area contributed by atoms with Crippen molar-refractivity contribution in [1.82, 2.24) is 10.1 Å². The number of nitrogens with two attached hydrogens (primary N) is 1. The molecular weight excluding hydrogens is 238 g/mol. The van der Waals surface area contributed by atoms with Gasteiger partial charge < -0.3 is 10.3 Å². The maximum Gasteiger partial charge on any atom is 0.167 e. The van der Waals surface area contributed by atoms with Gasteiger partial charge in [0.05, 0.1) is 6.54 Å². The van der Waals surface area contributed by atoms with Gasteiger partial charge in [0.15, 0.2) is 11.6 Å². The van der Waals surface area contributed by atoms with Gasteiger partial charge >= 0.3 is 0 Å². The maximum atomic E-state index is 5.54. The van der Waals surface area contributed by atoms with Gasteiger partial charge in [0.2, 0.25) is 0 Å². The topological polar surface area (TPSA) is 55.3 Å². The third-order valence-electron chi connectivity index (χ3n) is 3.62. The van der Waals surface area contributed by atoms with Crippen molar-refractivity contribution < 1.29 is 4.52 Å². The van der Waals surface area contributed by atoms with E-state index in [4.69, 9.17) is 10.3 Å². The molecule has 0 saturated carbocycles. The number of fused-ring (bicyclic) bond motifs is 1. The van der Waals surface area contributed by atoms with Crippen LogP contribution >= 0.6 is 0 Å². The molecule has 0 bridgehead atoms. The average molecular weight is 257 g/mol. The van der Waals surface area contributed by atoms with Crippen molar-refractivity contribution in [3.8, 4) is 0 Å². The fourth-order valence-corrected chi connectivity index (χ4v) is 2.76. The van der Waals surface area contributed by atoms with Crippen molar-refractivity contribution in [2.45, 2.75) is 32.4 Å². The Bertz CT molecular complexity index is 577. The third-order valence-corrected chi connectivity index (χ3v) is 3.62. The number of aryl methyl sites for hydroxylation is 2. The monoisotopic (exact) mass is 257 g/mol. The molecule has 0 spiro atoms. The Morgan fingerprint density at radius 3 is 2.84 bits per heavy atom. The summed E-state index contributed by atoms with van der Waals surface area (Å²) < 4.78 is 5.13. The zero-order chi connectivity index (χ0) is 13.2. The second-order valence-corrected chi connectivity index (χ2v) is 5.35. The summed E-state index contributed by atoms with van der Waals surface area (Å²) in [5, 5.41) is 3.70. The minimum atomic E-state index is 0.445. The van der Waals surface area contributed by atoms with Crippen molar-refractivity contribution in [2.75, 3.05) is 12.8 Å². The summed E-state index contributed by atoms with van der Waals surface area (Å²) in [5.74, 6) is 1.25. The molecule has 4 heteroatoms. The minimum Gasteiger partial charge on any atom is -0.381 e. The Morgan fingerprint density at radius 2 is 2.05 bits per heavy atom. The van der Waals surface area contributed by atoms with Crippen LogP contribution in [-0.2, 0) is 25.9 Å². The first-order valence-electron chi connectivity index (χ1n) is 6.71. The van der Waals surface area contributed by atoms with E-state index in [1.807, 2.05) is 0 Å². The van der Waals surface area contributed by atoms with Gasteiger partial charge in [-0.25, -0.2) is 0 Å². The van der Waals surface area contributed by atoms with Gasteiger partial charge in [-0.05, 0) is 43.0 Å². The number of nitrogen functional groups attached to an aromatic ring is 1. The van der Waals surface area contributed by atoms with Crippen LogP contribution in [0.25, 0.3) is 0 Å². The van der Waals surface area contributed by atoms with Crippen LogP contribution in [0, 0.1) is 0 Å². The van der Waals surface area contributed by atoms with Gasteiger partial charge in [0, 0.05) is 12.6 Å². The largest absolute Gasteiger partial charge is 0.381 e. The number of nitrogens with zero attached hydrogens (tertiary/aromatic N) is 2. The van der Waals surface area contributed by atoms with Crippen LogP contribution < -0.4 is 5.73 Å². The Balaban J connectivity index is 1.64. The SMILES string of the molecule is CN(Cc1ccc2c(c1)CCC2)Cc1cc(N)no1. The molecule has 1 aliphatic rings. The summed E-state index contributed by atoms with van der Waals surface area (Å²) in [6.45, 7) is 1.63. The van der Waals surface area contributed by atoms with Gasteiger partial charge in [-0.15, -0.1) is 0 Å². The summed E-state index contributed by atoms with van der Waals surface area (Å²) in [5.41, 5.74) is 9.95. The lowest BCUT2D eigenvalue weighted by molar-refractivity contribution is 0.267.